The molecule has 0 bridgehead atoms. The molecule has 1 aliphatic heterocycles. The predicted molar refractivity (Wildman–Crippen MR) is 142 cm³/mol. The minimum absolute atomic E-state index is 0.113. The monoisotopic (exact) mass is 523 g/mol. The first-order valence-electron chi connectivity index (χ1n) is 12.7. The Hall–Kier alpha value is -2.19. The lowest BCUT2D eigenvalue weighted by Crippen LogP contribution is -2.60. The Morgan fingerprint density at radius 1 is 1.14 bits per heavy atom. The summed E-state index contributed by atoms with van der Waals surface area (Å²) in [4.78, 5) is 38.9. The van der Waals surface area contributed by atoms with Crippen LogP contribution in [0.15, 0.2) is 24.3 Å². The number of carbonyl (C=O) groups excluding carboxylic acids is 3. The Morgan fingerprint density at radius 2 is 1.83 bits per heavy atom. The van der Waals surface area contributed by atoms with E-state index < -0.39 is 12.0 Å². The second kappa shape index (κ2) is 16.5. The van der Waals surface area contributed by atoms with E-state index in [1.807, 2.05) is 18.2 Å². The van der Waals surface area contributed by atoms with Gasteiger partial charge in [0.1, 0.15) is 6.04 Å². The standard InChI is InChI=1S/C26H38ClN3O4S/c1-2-3-4-5-6-7-8-11-18-34-24(32)19-22-25(33)28-16-17-30(22)26(35)29-23(31)15-14-20-12-9-10-13-21(20)27/h9-10,12-13,22H,2-8,11,14-19H2,1H3,(H,28,33)(H,29,31,35). The van der Waals surface area contributed by atoms with Crippen LogP contribution < -0.4 is 10.6 Å². The fourth-order valence-electron chi connectivity index (χ4n) is 4.00. The van der Waals surface area contributed by atoms with Gasteiger partial charge in [-0.3, -0.25) is 14.4 Å². The molecule has 9 heteroatoms. The maximum Gasteiger partial charge on any atom is 0.308 e. The molecule has 0 radical (unpaired) electrons. The van der Waals surface area contributed by atoms with Crippen LogP contribution >= 0.6 is 23.8 Å². The summed E-state index contributed by atoms with van der Waals surface area (Å²) in [5.41, 5.74) is 0.879. The second-order valence-corrected chi connectivity index (χ2v) is 9.64. The minimum Gasteiger partial charge on any atom is -0.466 e. The van der Waals surface area contributed by atoms with Crippen molar-refractivity contribution in [2.45, 2.75) is 83.6 Å². The van der Waals surface area contributed by atoms with Crippen molar-refractivity contribution in [1.29, 1.82) is 0 Å². The number of rotatable bonds is 14. The van der Waals surface area contributed by atoms with Gasteiger partial charge in [-0.1, -0.05) is 81.7 Å². The number of hydrogen-bond donors (Lipinski definition) is 2. The van der Waals surface area contributed by atoms with Crippen molar-refractivity contribution in [2.24, 2.45) is 0 Å². The van der Waals surface area contributed by atoms with Crippen molar-refractivity contribution in [2.75, 3.05) is 19.7 Å². The van der Waals surface area contributed by atoms with Gasteiger partial charge in [-0.05, 0) is 36.7 Å². The summed E-state index contributed by atoms with van der Waals surface area (Å²) in [6.45, 7) is 3.35. The number of nitrogens with zero attached hydrogens (tertiary/aromatic N) is 1. The van der Waals surface area contributed by atoms with Crippen LogP contribution in [-0.2, 0) is 25.5 Å². The number of benzene rings is 1. The minimum atomic E-state index is -0.800. The van der Waals surface area contributed by atoms with Gasteiger partial charge in [0.2, 0.25) is 11.8 Å². The average molecular weight is 524 g/mol. The molecular weight excluding hydrogens is 486 g/mol. The van der Waals surface area contributed by atoms with Crippen LogP contribution in [0, 0.1) is 0 Å². The van der Waals surface area contributed by atoms with Crippen LogP contribution in [0.3, 0.4) is 0 Å². The van der Waals surface area contributed by atoms with E-state index in [4.69, 9.17) is 28.6 Å². The largest absolute Gasteiger partial charge is 0.466 e. The van der Waals surface area contributed by atoms with Crippen LogP contribution in [0.4, 0.5) is 0 Å². The Balaban J connectivity index is 1.73. The Bertz CT molecular complexity index is 852. The van der Waals surface area contributed by atoms with E-state index in [1.165, 1.54) is 32.1 Å². The van der Waals surface area contributed by atoms with Crippen LogP contribution in [0.25, 0.3) is 0 Å². The smallest absolute Gasteiger partial charge is 0.308 e. The third-order valence-electron chi connectivity index (χ3n) is 6.04. The zero-order valence-electron chi connectivity index (χ0n) is 20.7. The first kappa shape index (κ1) is 29.0. The van der Waals surface area contributed by atoms with Gasteiger partial charge >= 0.3 is 5.97 Å². The van der Waals surface area contributed by atoms with Crippen molar-refractivity contribution in [3.05, 3.63) is 34.9 Å². The Kier molecular flexibility index (Phi) is 13.7. The van der Waals surface area contributed by atoms with E-state index in [2.05, 4.69) is 17.6 Å². The molecule has 35 heavy (non-hydrogen) atoms. The van der Waals surface area contributed by atoms with Crippen LogP contribution in [0.1, 0.15) is 76.7 Å². The van der Waals surface area contributed by atoms with Crippen molar-refractivity contribution in [3.8, 4) is 0 Å². The lowest BCUT2D eigenvalue weighted by atomic mass is 10.1. The molecule has 2 N–H and O–H groups in total. The number of hydrogen-bond acceptors (Lipinski definition) is 5. The van der Waals surface area contributed by atoms with Crippen LogP contribution in [-0.4, -0.2) is 53.5 Å². The molecule has 194 valence electrons. The number of ether oxygens (including phenoxy) is 1. The number of aryl methyl sites for hydroxylation is 1. The molecule has 1 heterocycles. The highest BCUT2D eigenvalue weighted by atomic mass is 35.5. The molecule has 1 aliphatic rings. The maximum atomic E-state index is 12.5. The van der Waals surface area contributed by atoms with Crippen molar-refractivity contribution in [3.63, 3.8) is 0 Å². The highest BCUT2D eigenvalue weighted by Gasteiger charge is 2.34. The number of halogens is 1. The summed E-state index contributed by atoms with van der Waals surface area (Å²) in [7, 11) is 0. The second-order valence-electron chi connectivity index (χ2n) is 8.84. The quantitative estimate of drug-likeness (QED) is 0.211. The lowest BCUT2D eigenvalue weighted by molar-refractivity contribution is -0.147. The van der Waals surface area contributed by atoms with E-state index in [0.717, 1.165) is 24.8 Å². The van der Waals surface area contributed by atoms with Crippen LogP contribution in [0.2, 0.25) is 5.02 Å². The summed E-state index contributed by atoms with van der Waals surface area (Å²) in [6.07, 6.45) is 9.85. The van der Waals surface area contributed by atoms with Gasteiger partial charge in [-0.25, -0.2) is 0 Å². The Morgan fingerprint density at radius 3 is 2.54 bits per heavy atom. The molecule has 0 aliphatic carbocycles. The van der Waals surface area contributed by atoms with Crippen molar-refractivity contribution in [1.82, 2.24) is 15.5 Å². The zero-order chi connectivity index (χ0) is 25.5. The van der Waals surface area contributed by atoms with E-state index in [0.29, 0.717) is 31.1 Å². The summed E-state index contributed by atoms with van der Waals surface area (Å²) < 4.78 is 5.36. The Labute approximate surface area is 219 Å². The van der Waals surface area contributed by atoms with E-state index in [-0.39, 0.29) is 29.8 Å². The SMILES string of the molecule is CCCCCCCCCCOC(=O)CC1C(=O)NCCN1C(=S)NC(=O)CCc1ccccc1Cl. The molecule has 2 amide bonds. The molecule has 7 nitrogen and oxygen atoms in total. The predicted octanol–water partition coefficient (Wildman–Crippen LogP) is 4.55. The van der Waals surface area contributed by atoms with E-state index in [1.54, 1.807) is 11.0 Å². The van der Waals surface area contributed by atoms with Gasteiger partial charge in [0.25, 0.3) is 0 Å². The van der Waals surface area contributed by atoms with E-state index in [9.17, 15) is 14.4 Å². The number of piperazine rings is 1. The van der Waals surface area contributed by atoms with Gasteiger partial charge in [0, 0.05) is 24.5 Å². The number of nitrogens with one attached hydrogen (secondary N) is 2. The molecule has 1 atom stereocenters. The molecular formula is C26H38ClN3O4S. The van der Waals surface area contributed by atoms with Gasteiger partial charge in [-0.2, -0.15) is 0 Å². The first-order valence-corrected chi connectivity index (χ1v) is 13.5. The highest BCUT2D eigenvalue weighted by molar-refractivity contribution is 7.80. The topological polar surface area (TPSA) is 87.7 Å². The molecule has 1 unspecified atom stereocenters. The summed E-state index contributed by atoms with van der Waals surface area (Å²) in [5.74, 6) is -1.00. The van der Waals surface area contributed by atoms with Gasteiger partial charge < -0.3 is 20.3 Å². The fraction of sp³-hybridized carbons (Fsp3) is 0.615. The number of amides is 2. The van der Waals surface area contributed by atoms with Gasteiger partial charge in [0.05, 0.1) is 13.0 Å². The first-order chi connectivity index (χ1) is 16.9. The third-order valence-corrected chi connectivity index (χ3v) is 6.74. The number of carbonyl (C=O) groups is 3. The van der Waals surface area contributed by atoms with Gasteiger partial charge in [0.15, 0.2) is 5.11 Å². The summed E-state index contributed by atoms with van der Waals surface area (Å²) >= 11 is 11.5. The van der Waals surface area contributed by atoms with Crippen LogP contribution in [0.5, 0.6) is 0 Å². The lowest BCUT2D eigenvalue weighted by Gasteiger charge is -2.36. The normalized spacial score (nSPS) is 15.4. The highest BCUT2D eigenvalue weighted by Crippen LogP contribution is 2.17. The molecule has 1 fully saturated rings. The number of thiocarbonyl (C=S) groups is 1. The molecule has 1 aromatic carbocycles. The van der Waals surface area contributed by atoms with Crippen molar-refractivity contribution >= 4 is 46.7 Å². The summed E-state index contributed by atoms with van der Waals surface area (Å²) in [6, 6.07) is 6.56. The molecule has 0 spiro atoms. The zero-order valence-corrected chi connectivity index (χ0v) is 22.2. The number of esters is 1. The molecule has 1 saturated heterocycles. The van der Waals surface area contributed by atoms with E-state index >= 15 is 0 Å². The maximum absolute atomic E-state index is 12.5. The molecule has 2 rings (SSSR count). The van der Waals surface area contributed by atoms with Crippen molar-refractivity contribution < 1.29 is 19.1 Å². The molecule has 1 aromatic rings. The fourth-order valence-corrected chi connectivity index (χ4v) is 4.56. The molecule has 0 aromatic heterocycles. The third kappa shape index (κ3) is 10.9. The summed E-state index contributed by atoms with van der Waals surface area (Å²) in [5, 5.41) is 6.20. The number of unbranched alkanes of at least 4 members (excludes halogenated alkanes) is 7. The van der Waals surface area contributed by atoms with Gasteiger partial charge in [-0.15, -0.1) is 0 Å². The molecule has 0 saturated carbocycles. The average Bonchev–Trinajstić information content (AvgIpc) is 2.83.